The molecule has 7 heteroatoms. The van der Waals surface area contributed by atoms with Crippen molar-refractivity contribution in [2.24, 2.45) is 0 Å². The van der Waals surface area contributed by atoms with Crippen molar-refractivity contribution in [1.82, 2.24) is 0 Å². The highest BCUT2D eigenvalue weighted by Gasteiger charge is 2.35. The smallest absolute Gasteiger partial charge is 0.308 e. The minimum absolute atomic E-state index is 0.0188. The maximum absolute atomic E-state index is 12.2. The third-order valence-electron chi connectivity index (χ3n) is 3.55. The van der Waals surface area contributed by atoms with Crippen LogP contribution in [0.5, 0.6) is 0 Å². The molecule has 7 nitrogen and oxygen atoms in total. The molecule has 1 aromatic carbocycles. The Morgan fingerprint density at radius 2 is 1.91 bits per heavy atom. The van der Waals surface area contributed by atoms with Gasteiger partial charge in [-0.15, -0.1) is 0 Å². The van der Waals surface area contributed by atoms with E-state index >= 15 is 0 Å². The predicted octanol–water partition coefficient (Wildman–Crippen LogP) is 0.791. The van der Waals surface area contributed by atoms with Gasteiger partial charge in [-0.25, -0.2) is 0 Å². The van der Waals surface area contributed by atoms with Gasteiger partial charge in [-0.05, 0) is 12.0 Å². The number of aliphatic hydroxyl groups is 2. The molecule has 0 radical (unpaired) electrons. The van der Waals surface area contributed by atoms with Gasteiger partial charge in [0.2, 0.25) is 11.5 Å². The van der Waals surface area contributed by atoms with E-state index in [0.717, 1.165) is 0 Å². The van der Waals surface area contributed by atoms with E-state index in [4.69, 9.17) is 4.74 Å². The summed E-state index contributed by atoms with van der Waals surface area (Å²) in [6, 6.07) is 4.71. The molecule has 1 aliphatic rings. The van der Waals surface area contributed by atoms with E-state index in [9.17, 15) is 24.6 Å². The molecular weight excluding hydrogens is 304 g/mol. The molecule has 1 aliphatic carbocycles. The second kappa shape index (κ2) is 6.62. The molecule has 1 atom stereocenters. The van der Waals surface area contributed by atoms with Crippen LogP contribution in [-0.4, -0.2) is 48.1 Å². The van der Waals surface area contributed by atoms with Crippen LogP contribution in [0.15, 0.2) is 24.0 Å². The average molecular weight is 320 g/mol. The van der Waals surface area contributed by atoms with Gasteiger partial charge < -0.3 is 19.7 Å². The van der Waals surface area contributed by atoms with Crippen molar-refractivity contribution in [2.45, 2.75) is 18.9 Å². The van der Waals surface area contributed by atoms with E-state index in [1.54, 1.807) is 12.1 Å². The first-order valence-electron chi connectivity index (χ1n) is 6.84. The Morgan fingerprint density at radius 1 is 1.22 bits per heavy atom. The Morgan fingerprint density at radius 3 is 2.52 bits per heavy atom. The SMILES string of the molecule is COC(=O)CC(O)Cc1cccc2c1C(=O)C(=O)C(O)=C2OC. The van der Waals surface area contributed by atoms with Crippen LogP contribution >= 0.6 is 0 Å². The zero-order valence-electron chi connectivity index (χ0n) is 12.7. The Kier molecular flexibility index (Phi) is 4.80. The molecule has 0 aliphatic heterocycles. The first kappa shape index (κ1) is 16.7. The Hall–Kier alpha value is -2.67. The van der Waals surface area contributed by atoms with Crippen LogP contribution in [0.1, 0.15) is 27.9 Å². The summed E-state index contributed by atoms with van der Waals surface area (Å²) in [6.45, 7) is 0. The Labute approximate surface area is 132 Å². The molecule has 1 aromatic rings. The van der Waals surface area contributed by atoms with Crippen LogP contribution in [0.4, 0.5) is 0 Å². The maximum Gasteiger partial charge on any atom is 0.308 e. The summed E-state index contributed by atoms with van der Waals surface area (Å²) in [5.74, 6) is -3.35. The molecule has 0 fully saturated rings. The summed E-state index contributed by atoms with van der Waals surface area (Å²) in [4.78, 5) is 35.2. The fourth-order valence-electron chi connectivity index (χ4n) is 2.49. The van der Waals surface area contributed by atoms with Crippen molar-refractivity contribution in [1.29, 1.82) is 0 Å². The number of allylic oxidation sites excluding steroid dienone is 1. The number of fused-ring (bicyclic) bond motifs is 1. The largest absolute Gasteiger partial charge is 0.501 e. The van der Waals surface area contributed by atoms with Gasteiger partial charge in [0.1, 0.15) is 0 Å². The highest BCUT2D eigenvalue weighted by Crippen LogP contribution is 2.31. The lowest BCUT2D eigenvalue weighted by Gasteiger charge is -2.20. The van der Waals surface area contributed by atoms with Crippen LogP contribution in [0.25, 0.3) is 5.76 Å². The quantitative estimate of drug-likeness (QED) is 0.609. The normalized spacial score (nSPS) is 15.3. The number of carbonyl (C=O) groups excluding carboxylic acids is 3. The van der Waals surface area contributed by atoms with Gasteiger partial charge in [-0.3, -0.25) is 14.4 Å². The number of hydrogen-bond donors (Lipinski definition) is 2. The van der Waals surface area contributed by atoms with Gasteiger partial charge in [-0.2, -0.15) is 0 Å². The first-order chi connectivity index (χ1) is 10.9. The monoisotopic (exact) mass is 320 g/mol. The molecule has 2 N–H and O–H groups in total. The number of ketones is 2. The van der Waals surface area contributed by atoms with Crippen molar-refractivity contribution >= 4 is 23.3 Å². The summed E-state index contributed by atoms with van der Waals surface area (Å²) in [5, 5.41) is 19.7. The summed E-state index contributed by atoms with van der Waals surface area (Å²) in [6.07, 6.45) is -1.32. The molecule has 2 rings (SSSR count). The fourth-order valence-corrected chi connectivity index (χ4v) is 2.49. The van der Waals surface area contributed by atoms with Crippen LogP contribution in [0, 0.1) is 0 Å². The van der Waals surface area contributed by atoms with E-state index in [2.05, 4.69) is 4.74 Å². The number of Topliss-reactive ketones (excluding diaryl/α,β-unsaturated/α-hetero) is 2. The molecule has 0 heterocycles. The molecule has 0 amide bonds. The molecule has 23 heavy (non-hydrogen) atoms. The highest BCUT2D eigenvalue weighted by molar-refractivity contribution is 6.51. The van der Waals surface area contributed by atoms with Crippen molar-refractivity contribution in [2.75, 3.05) is 14.2 Å². The molecule has 0 saturated carbocycles. The molecule has 122 valence electrons. The van der Waals surface area contributed by atoms with Crippen molar-refractivity contribution in [3.05, 3.63) is 40.6 Å². The number of esters is 1. The van der Waals surface area contributed by atoms with Crippen LogP contribution in [0.2, 0.25) is 0 Å². The number of rotatable bonds is 5. The second-order valence-corrected chi connectivity index (χ2v) is 5.02. The third kappa shape index (κ3) is 3.09. The molecule has 0 spiro atoms. The summed E-state index contributed by atoms with van der Waals surface area (Å²) >= 11 is 0. The minimum Gasteiger partial charge on any atom is -0.501 e. The third-order valence-corrected chi connectivity index (χ3v) is 3.55. The van der Waals surface area contributed by atoms with E-state index in [0.29, 0.717) is 5.56 Å². The molecule has 0 bridgehead atoms. The van der Waals surface area contributed by atoms with E-state index in [1.807, 2.05) is 0 Å². The average Bonchev–Trinajstić information content (AvgIpc) is 2.53. The van der Waals surface area contributed by atoms with Gasteiger partial charge in [-0.1, -0.05) is 18.2 Å². The maximum atomic E-state index is 12.2. The zero-order valence-corrected chi connectivity index (χ0v) is 12.7. The Bertz CT molecular complexity index is 702. The standard InChI is InChI=1S/C16H16O7/c1-22-11(18)7-9(17)6-8-4-3-5-10-12(8)13(19)14(20)15(21)16(10)23-2/h3-5,9,17,21H,6-7H2,1-2H3. The summed E-state index contributed by atoms with van der Waals surface area (Å²) in [5.41, 5.74) is 0.729. The summed E-state index contributed by atoms with van der Waals surface area (Å²) in [7, 11) is 2.48. The first-order valence-corrected chi connectivity index (χ1v) is 6.84. The van der Waals surface area contributed by atoms with E-state index in [-0.39, 0.29) is 29.7 Å². The predicted molar refractivity (Wildman–Crippen MR) is 78.7 cm³/mol. The lowest BCUT2D eigenvalue weighted by atomic mass is 9.86. The zero-order chi connectivity index (χ0) is 17.1. The molecule has 0 saturated heterocycles. The van der Waals surface area contributed by atoms with Gasteiger partial charge in [0.05, 0.1) is 26.7 Å². The van der Waals surface area contributed by atoms with Crippen molar-refractivity contribution in [3.8, 4) is 0 Å². The topological polar surface area (TPSA) is 110 Å². The minimum atomic E-state index is -1.07. The van der Waals surface area contributed by atoms with Crippen molar-refractivity contribution < 1.29 is 34.1 Å². The van der Waals surface area contributed by atoms with Gasteiger partial charge in [0.15, 0.2) is 5.76 Å². The second-order valence-electron chi connectivity index (χ2n) is 5.02. The number of benzene rings is 1. The number of hydrogen-bond acceptors (Lipinski definition) is 7. The Balaban J connectivity index is 2.43. The van der Waals surface area contributed by atoms with Crippen LogP contribution in [-0.2, 0) is 25.5 Å². The van der Waals surface area contributed by atoms with E-state index in [1.165, 1.54) is 20.3 Å². The lowest BCUT2D eigenvalue weighted by molar-refractivity contribution is -0.142. The molecule has 1 unspecified atom stereocenters. The summed E-state index contributed by atoms with van der Waals surface area (Å²) < 4.78 is 9.49. The number of methoxy groups -OCH3 is 2. The van der Waals surface area contributed by atoms with Crippen molar-refractivity contribution in [3.63, 3.8) is 0 Å². The highest BCUT2D eigenvalue weighted by atomic mass is 16.5. The fraction of sp³-hybridized carbons (Fsp3) is 0.312. The number of carbonyl (C=O) groups is 3. The van der Waals surface area contributed by atoms with Gasteiger partial charge >= 0.3 is 5.97 Å². The number of aliphatic hydroxyl groups excluding tert-OH is 2. The lowest BCUT2D eigenvalue weighted by Crippen LogP contribution is -2.27. The number of ether oxygens (including phenoxy) is 2. The van der Waals surface area contributed by atoms with Crippen LogP contribution < -0.4 is 0 Å². The van der Waals surface area contributed by atoms with Crippen LogP contribution in [0.3, 0.4) is 0 Å². The van der Waals surface area contributed by atoms with E-state index < -0.39 is 29.4 Å². The molecule has 0 aromatic heterocycles. The van der Waals surface area contributed by atoms with Gasteiger partial charge in [0, 0.05) is 11.1 Å². The molecular formula is C16H16O7. The van der Waals surface area contributed by atoms with Gasteiger partial charge in [0.25, 0.3) is 5.78 Å².